The van der Waals surface area contributed by atoms with Crippen LogP contribution in [0.3, 0.4) is 0 Å². The third-order valence-electron chi connectivity index (χ3n) is 4.07. The second-order valence-corrected chi connectivity index (χ2v) is 5.61. The molecule has 1 amide bonds. The minimum absolute atomic E-state index is 0.0931. The van der Waals surface area contributed by atoms with Gasteiger partial charge in [0.1, 0.15) is 6.54 Å². The maximum atomic E-state index is 12.3. The number of aromatic amines is 1. The first kappa shape index (κ1) is 17.0. The molecule has 2 aromatic rings. The van der Waals surface area contributed by atoms with Crippen LogP contribution in [0.5, 0.6) is 0 Å². The largest absolute Gasteiger partial charge is 0.394 e. The van der Waals surface area contributed by atoms with Gasteiger partial charge in [-0.15, -0.1) is 0 Å². The van der Waals surface area contributed by atoms with Crippen LogP contribution in [0.25, 0.3) is 10.9 Å². The Morgan fingerprint density at radius 2 is 2.04 bits per heavy atom. The molecule has 0 fully saturated rings. The van der Waals surface area contributed by atoms with Crippen molar-refractivity contribution in [2.45, 2.75) is 32.9 Å². The smallest absolute Gasteiger partial charge is 0.329 e. The highest BCUT2D eigenvalue weighted by molar-refractivity contribution is 5.79. The number of rotatable bonds is 6. The van der Waals surface area contributed by atoms with E-state index in [4.69, 9.17) is 0 Å². The van der Waals surface area contributed by atoms with Crippen molar-refractivity contribution < 1.29 is 9.90 Å². The Labute approximate surface area is 133 Å². The SMILES string of the molecule is CCC(C)C(CO)NC(=O)Cn1c(=O)[nH]c2ccccc2c1=O. The van der Waals surface area contributed by atoms with Gasteiger partial charge in [0, 0.05) is 0 Å². The Kier molecular flexibility index (Phi) is 5.33. The van der Waals surface area contributed by atoms with E-state index in [2.05, 4.69) is 10.3 Å². The standard InChI is InChI=1S/C16H21N3O4/c1-3-10(2)13(9-20)17-14(21)8-19-15(22)11-6-4-5-7-12(11)18-16(19)23/h4-7,10,13,20H,3,8-9H2,1-2H3,(H,17,21)(H,18,23). The van der Waals surface area contributed by atoms with Crippen molar-refractivity contribution in [1.82, 2.24) is 14.9 Å². The summed E-state index contributed by atoms with van der Waals surface area (Å²) in [6.07, 6.45) is 0.794. The van der Waals surface area contributed by atoms with Crippen molar-refractivity contribution in [3.05, 3.63) is 45.1 Å². The van der Waals surface area contributed by atoms with Crippen molar-refractivity contribution in [2.75, 3.05) is 6.61 Å². The molecule has 2 rings (SSSR count). The maximum absolute atomic E-state index is 12.3. The third kappa shape index (κ3) is 3.68. The van der Waals surface area contributed by atoms with E-state index in [1.165, 1.54) is 0 Å². The Hall–Kier alpha value is -2.41. The molecule has 0 radical (unpaired) electrons. The zero-order valence-corrected chi connectivity index (χ0v) is 13.2. The highest BCUT2D eigenvalue weighted by Crippen LogP contribution is 2.07. The van der Waals surface area contributed by atoms with E-state index in [0.717, 1.165) is 11.0 Å². The number of H-pyrrole nitrogens is 1. The molecule has 7 heteroatoms. The quantitative estimate of drug-likeness (QED) is 0.708. The lowest BCUT2D eigenvalue weighted by atomic mass is 10.00. The number of hydrogen-bond donors (Lipinski definition) is 3. The van der Waals surface area contributed by atoms with Crippen molar-refractivity contribution in [3.63, 3.8) is 0 Å². The van der Waals surface area contributed by atoms with Gasteiger partial charge in [-0.3, -0.25) is 14.2 Å². The van der Waals surface area contributed by atoms with E-state index in [9.17, 15) is 19.5 Å². The summed E-state index contributed by atoms with van der Waals surface area (Å²) in [5.74, 6) is -0.386. The second kappa shape index (κ2) is 7.23. The van der Waals surface area contributed by atoms with E-state index < -0.39 is 23.2 Å². The fourth-order valence-electron chi connectivity index (χ4n) is 2.39. The third-order valence-corrected chi connectivity index (χ3v) is 4.07. The number of nitrogens with zero attached hydrogens (tertiary/aromatic N) is 1. The molecule has 1 heterocycles. The Morgan fingerprint density at radius 3 is 2.70 bits per heavy atom. The topological polar surface area (TPSA) is 104 Å². The molecule has 0 spiro atoms. The number of fused-ring (bicyclic) bond motifs is 1. The highest BCUT2D eigenvalue weighted by Gasteiger charge is 2.18. The number of aliphatic hydroxyl groups excluding tert-OH is 1. The van der Waals surface area contributed by atoms with Crippen LogP contribution >= 0.6 is 0 Å². The van der Waals surface area contributed by atoms with Gasteiger partial charge in [-0.1, -0.05) is 32.4 Å². The van der Waals surface area contributed by atoms with E-state index >= 15 is 0 Å². The van der Waals surface area contributed by atoms with Gasteiger partial charge >= 0.3 is 5.69 Å². The fourth-order valence-corrected chi connectivity index (χ4v) is 2.39. The van der Waals surface area contributed by atoms with E-state index in [-0.39, 0.29) is 19.1 Å². The molecule has 0 saturated carbocycles. The molecule has 0 saturated heterocycles. The summed E-state index contributed by atoms with van der Waals surface area (Å²) in [5.41, 5.74) is -0.705. The van der Waals surface area contributed by atoms with Gasteiger partial charge in [0.05, 0.1) is 23.6 Å². The Morgan fingerprint density at radius 1 is 1.35 bits per heavy atom. The van der Waals surface area contributed by atoms with E-state index in [0.29, 0.717) is 10.9 Å². The molecule has 1 aromatic carbocycles. The highest BCUT2D eigenvalue weighted by atomic mass is 16.3. The predicted octanol–water partition coefficient (Wildman–Crippen LogP) is 0.213. The number of carbonyl (C=O) groups is 1. The summed E-state index contributed by atoms with van der Waals surface area (Å²) in [5, 5.41) is 12.4. The molecular formula is C16H21N3O4. The molecule has 23 heavy (non-hydrogen) atoms. The summed E-state index contributed by atoms with van der Waals surface area (Å²) in [7, 11) is 0. The first-order chi connectivity index (χ1) is 11.0. The Balaban J connectivity index is 2.26. The number of amides is 1. The predicted molar refractivity (Wildman–Crippen MR) is 87.3 cm³/mol. The summed E-state index contributed by atoms with van der Waals surface area (Å²) in [6, 6.07) is 6.23. The van der Waals surface area contributed by atoms with Crippen LogP contribution in [0.4, 0.5) is 0 Å². The number of aromatic nitrogens is 2. The van der Waals surface area contributed by atoms with Crippen LogP contribution in [-0.2, 0) is 11.3 Å². The lowest BCUT2D eigenvalue weighted by molar-refractivity contribution is -0.123. The molecule has 1 aromatic heterocycles. The van der Waals surface area contributed by atoms with Crippen LogP contribution in [0.1, 0.15) is 20.3 Å². The summed E-state index contributed by atoms with van der Waals surface area (Å²) in [6.45, 7) is 3.30. The van der Waals surface area contributed by atoms with Crippen LogP contribution in [0.15, 0.2) is 33.9 Å². The Bertz CT molecular complexity index is 809. The molecule has 0 bridgehead atoms. The molecule has 2 atom stereocenters. The molecular weight excluding hydrogens is 298 g/mol. The van der Waals surface area contributed by atoms with E-state index in [1.54, 1.807) is 24.3 Å². The zero-order chi connectivity index (χ0) is 17.0. The number of nitrogens with one attached hydrogen (secondary N) is 2. The number of benzene rings is 1. The average Bonchev–Trinajstić information content (AvgIpc) is 2.55. The molecule has 0 aliphatic carbocycles. The minimum Gasteiger partial charge on any atom is -0.394 e. The van der Waals surface area contributed by atoms with Crippen LogP contribution in [-0.4, -0.2) is 33.2 Å². The molecule has 0 aliphatic heterocycles. The van der Waals surface area contributed by atoms with Gasteiger partial charge in [0.15, 0.2) is 0 Å². The van der Waals surface area contributed by atoms with Gasteiger partial charge < -0.3 is 15.4 Å². The summed E-state index contributed by atoms with van der Waals surface area (Å²) < 4.78 is 0.864. The monoisotopic (exact) mass is 319 g/mol. The normalized spacial score (nSPS) is 13.7. The lowest BCUT2D eigenvalue weighted by Gasteiger charge is -2.22. The molecule has 0 aliphatic rings. The summed E-state index contributed by atoms with van der Waals surface area (Å²) >= 11 is 0. The van der Waals surface area contributed by atoms with Crippen LogP contribution in [0, 0.1) is 5.92 Å². The van der Waals surface area contributed by atoms with Gasteiger partial charge in [0.2, 0.25) is 5.91 Å². The second-order valence-electron chi connectivity index (χ2n) is 5.61. The fraction of sp³-hybridized carbons (Fsp3) is 0.438. The van der Waals surface area contributed by atoms with Crippen molar-refractivity contribution >= 4 is 16.8 Å². The van der Waals surface area contributed by atoms with E-state index in [1.807, 2.05) is 13.8 Å². The molecule has 7 nitrogen and oxygen atoms in total. The first-order valence-electron chi connectivity index (χ1n) is 7.60. The summed E-state index contributed by atoms with van der Waals surface area (Å²) in [4.78, 5) is 39.0. The van der Waals surface area contributed by atoms with Gasteiger partial charge in [-0.25, -0.2) is 4.79 Å². The van der Waals surface area contributed by atoms with Gasteiger partial charge in [-0.2, -0.15) is 0 Å². The van der Waals surface area contributed by atoms with Gasteiger partial charge in [0.25, 0.3) is 5.56 Å². The first-order valence-corrected chi connectivity index (χ1v) is 7.60. The maximum Gasteiger partial charge on any atom is 0.329 e. The van der Waals surface area contributed by atoms with Crippen LogP contribution in [0.2, 0.25) is 0 Å². The molecule has 3 N–H and O–H groups in total. The number of carbonyl (C=O) groups excluding carboxylic acids is 1. The number of aliphatic hydroxyl groups is 1. The number of para-hydroxylation sites is 1. The van der Waals surface area contributed by atoms with Crippen molar-refractivity contribution in [3.8, 4) is 0 Å². The molecule has 124 valence electrons. The average molecular weight is 319 g/mol. The number of hydrogen-bond acceptors (Lipinski definition) is 4. The lowest BCUT2D eigenvalue weighted by Crippen LogP contribution is -2.46. The van der Waals surface area contributed by atoms with Crippen molar-refractivity contribution in [1.29, 1.82) is 0 Å². The zero-order valence-electron chi connectivity index (χ0n) is 13.2. The molecule has 2 unspecified atom stereocenters. The van der Waals surface area contributed by atoms with Crippen molar-refractivity contribution in [2.24, 2.45) is 5.92 Å². The van der Waals surface area contributed by atoms with Gasteiger partial charge in [-0.05, 0) is 18.1 Å². The minimum atomic E-state index is -0.632. The van der Waals surface area contributed by atoms with Crippen LogP contribution < -0.4 is 16.6 Å².